The normalized spacial score (nSPS) is 10.6. The van der Waals surface area contributed by atoms with E-state index in [9.17, 15) is 4.79 Å². The summed E-state index contributed by atoms with van der Waals surface area (Å²) in [4.78, 5) is 12.0. The number of hydrogen-bond acceptors (Lipinski definition) is 3. The van der Waals surface area contributed by atoms with E-state index in [0.717, 1.165) is 17.7 Å². The van der Waals surface area contributed by atoms with Gasteiger partial charge in [-0.15, -0.1) is 0 Å². The molecule has 0 spiro atoms. The Balaban J connectivity index is 2.03. The first kappa shape index (κ1) is 17.6. The Kier molecular flexibility index (Phi) is 6.43. The fourth-order valence-electron chi connectivity index (χ4n) is 2.24. The van der Waals surface area contributed by atoms with Crippen LogP contribution in [0.5, 0.6) is 11.5 Å². The number of amides is 1. The van der Waals surface area contributed by atoms with Crippen LogP contribution in [-0.4, -0.2) is 19.6 Å². The average Bonchev–Trinajstić information content (AvgIpc) is 2.61. The van der Waals surface area contributed by atoms with Crippen molar-refractivity contribution in [1.82, 2.24) is 0 Å². The van der Waals surface area contributed by atoms with Gasteiger partial charge in [0.25, 0.3) is 0 Å². The van der Waals surface area contributed by atoms with Gasteiger partial charge in [-0.1, -0.05) is 25.1 Å². The molecular formula is C20H23NO3. The van der Waals surface area contributed by atoms with Crippen molar-refractivity contribution in [1.29, 1.82) is 0 Å². The molecule has 24 heavy (non-hydrogen) atoms. The molecule has 2 aromatic rings. The number of rotatable bonds is 7. The van der Waals surface area contributed by atoms with Crippen molar-refractivity contribution < 1.29 is 14.3 Å². The minimum atomic E-state index is -0.173. The van der Waals surface area contributed by atoms with Crippen molar-refractivity contribution in [3.8, 4) is 11.5 Å². The van der Waals surface area contributed by atoms with Crippen LogP contribution >= 0.6 is 0 Å². The standard InChI is InChI=1S/C20H23NO3/c1-4-15-6-10-17(11-7-15)21-20(22)13-9-16-8-12-18(23-3)19(14-16)24-5-2/h6-14H,4-5H2,1-3H3,(H,21,22)/b13-9+. The molecule has 0 aromatic heterocycles. The van der Waals surface area contributed by atoms with E-state index in [1.807, 2.05) is 49.4 Å². The Bertz CT molecular complexity index is 705. The van der Waals surface area contributed by atoms with Gasteiger partial charge in [0.1, 0.15) is 0 Å². The molecule has 1 amide bonds. The monoisotopic (exact) mass is 325 g/mol. The van der Waals surface area contributed by atoms with Crippen LogP contribution in [-0.2, 0) is 11.2 Å². The Morgan fingerprint density at radius 2 is 1.83 bits per heavy atom. The van der Waals surface area contributed by atoms with Crippen LogP contribution < -0.4 is 14.8 Å². The van der Waals surface area contributed by atoms with Crippen molar-refractivity contribution in [3.05, 3.63) is 59.7 Å². The third-order valence-electron chi connectivity index (χ3n) is 3.54. The highest BCUT2D eigenvalue weighted by Crippen LogP contribution is 2.28. The van der Waals surface area contributed by atoms with E-state index in [-0.39, 0.29) is 5.91 Å². The van der Waals surface area contributed by atoms with E-state index < -0.39 is 0 Å². The summed E-state index contributed by atoms with van der Waals surface area (Å²) in [6.45, 7) is 4.57. The van der Waals surface area contributed by atoms with Gasteiger partial charge < -0.3 is 14.8 Å². The maximum Gasteiger partial charge on any atom is 0.248 e. The molecule has 4 nitrogen and oxygen atoms in total. The number of hydrogen-bond donors (Lipinski definition) is 1. The van der Waals surface area contributed by atoms with Crippen molar-refractivity contribution in [2.45, 2.75) is 20.3 Å². The lowest BCUT2D eigenvalue weighted by Gasteiger charge is -2.09. The van der Waals surface area contributed by atoms with Gasteiger partial charge in [0, 0.05) is 11.8 Å². The van der Waals surface area contributed by atoms with E-state index in [2.05, 4.69) is 12.2 Å². The SMILES string of the molecule is CCOc1cc(/C=C/C(=O)Nc2ccc(CC)cc2)ccc1OC. The number of carbonyl (C=O) groups is 1. The number of anilines is 1. The molecule has 2 rings (SSSR count). The summed E-state index contributed by atoms with van der Waals surface area (Å²) in [6, 6.07) is 13.4. The van der Waals surface area contributed by atoms with Gasteiger partial charge in [-0.3, -0.25) is 4.79 Å². The first-order chi connectivity index (χ1) is 11.7. The van der Waals surface area contributed by atoms with Gasteiger partial charge in [0.2, 0.25) is 5.91 Å². The highest BCUT2D eigenvalue weighted by Gasteiger charge is 2.04. The third kappa shape index (κ3) is 4.88. The van der Waals surface area contributed by atoms with Crippen LogP contribution in [0.15, 0.2) is 48.5 Å². The zero-order chi connectivity index (χ0) is 17.4. The highest BCUT2D eigenvalue weighted by molar-refractivity contribution is 6.01. The predicted octanol–water partition coefficient (Wildman–Crippen LogP) is 4.31. The fraction of sp³-hybridized carbons (Fsp3) is 0.250. The smallest absolute Gasteiger partial charge is 0.248 e. The highest BCUT2D eigenvalue weighted by atomic mass is 16.5. The lowest BCUT2D eigenvalue weighted by molar-refractivity contribution is -0.111. The molecule has 0 bridgehead atoms. The molecule has 2 aromatic carbocycles. The number of carbonyl (C=O) groups excluding carboxylic acids is 1. The fourth-order valence-corrected chi connectivity index (χ4v) is 2.24. The van der Waals surface area contributed by atoms with Crippen molar-refractivity contribution >= 4 is 17.7 Å². The molecule has 0 heterocycles. The molecule has 0 aliphatic heterocycles. The Labute approximate surface area is 143 Å². The van der Waals surface area contributed by atoms with Crippen LogP contribution in [0.4, 0.5) is 5.69 Å². The molecule has 1 N–H and O–H groups in total. The number of nitrogens with one attached hydrogen (secondary N) is 1. The first-order valence-corrected chi connectivity index (χ1v) is 8.05. The van der Waals surface area contributed by atoms with Gasteiger partial charge >= 0.3 is 0 Å². The van der Waals surface area contributed by atoms with Gasteiger partial charge in [-0.05, 0) is 54.8 Å². The number of methoxy groups -OCH3 is 1. The molecule has 0 radical (unpaired) electrons. The molecule has 0 aliphatic carbocycles. The topological polar surface area (TPSA) is 47.6 Å². The third-order valence-corrected chi connectivity index (χ3v) is 3.54. The summed E-state index contributed by atoms with van der Waals surface area (Å²) >= 11 is 0. The van der Waals surface area contributed by atoms with E-state index >= 15 is 0 Å². The molecule has 0 saturated heterocycles. The summed E-state index contributed by atoms with van der Waals surface area (Å²) in [6.07, 6.45) is 4.23. The molecule has 0 fully saturated rings. The van der Waals surface area contributed by atoms with Crippen LogP contribution in [0, 0.1) is 0 Å². The zero-order valence-corrected chi connectivity index (χ0v) is 14.3. The van der Waals surface area contributed by atoms with Gasteiger partial charge in [-0.2, -0.15) is 0 Å². The molecule has 0 aliphatic rings. The van der Waals surface area contributed by atoms with E-state index in [1.54, 1.807) is 13.2 Å². The second-order valence-corrected chi connectivity index (χ2v) is 5.22. The first-order valence-electron chi connectivity index (χ1n) is 8.05. The Morgan fingerprint density at radius 1 is 1.08 bits per heavy atom. The molecule has 126 valence electrons. The maximum absolute atomic E-state index is 12.0. The molecule has 0 saturated carbocycles. The molecule has 4 heteroatoms. The van der Waals surface area contributed by atoms with Crippen LogP contribution in [0.1, 0.15) is 25.0 Å². The van der Waals surface area contributed by atoms with E-state index in [4.69, 9.17) is 9.47 Å². The number of aryl methyl sites for hydroxylation is 1. The summed E-state index contributed by atoms with van der Waals surface area (Å²) in [5, 5.41) is 2.84. The van der Waals surface area contributed by atoms with E-state index in [1.165, 1.54) is 11.6 Å². The second kappa shape index (κ2) is 8.77. The van der Waals surface area contributed by atoms with E-state index in [0.29, 0.717) is 18.1 Å². The van der Waals surface area contributed by atoms with Crippen LogP contribution in [0.25, 0.3) is 6.08 Å². The number of benzene rings is 2. The van der Waals surface area contributed by atoms with Crippen LogP contribution in [0.2, 0.25) is 0 Å². The van der Waals surface area contributed by atoms with Crippen molar-refractivity contribution in [2.24, 2.45) is 0 Å². The largest absolute Gasteiger partial charge is 0.493 e. The minimum absolute atomic E-state index is 0.173. The van der Waals surface area contributed by atoms with Gasteiger partial charge in [0.05, 0.1) is 13.7 Å². The summed E-state index contributed by atoms with van der Waals surface area (Å²) in [7, 11) is 1.60. The lowest BCUT2D eigenvalue weighted by Crippen LogP contribution is -2.07. The summed E-state index contributed by atoms with van der Waals surface area (Å²) in [5.74, 6) is 1.17. The quantitative estimate of drug-likeness (QED) is 0.772. The van der Waals surface area contributed by atoms with Gasteiger partial charge in [-0.25, -0.2) is 0 Å². The predicted molar refractivity (Wildman–Crippen MR) is 97.6 cm³/mol. The molecule has 0 atom stereocenters. The van der Waals surface area contributed by atoms with Crippen molar-refractivity contribution in [2.75, 3.05) is 19.0 Å². The van der Waals surface area contributed by atoms with Crippen molar-refractivity contribution in [3.63, 3.8) is 0 Å². The Morgan fingerprint density at radius 3 is 2.46 bits per heavy atom. The summed E-state index contributed by atoms with van der Waals surface area (Å²) in [5.41, 5.74) is 2.90. The van der Waals surface area contributed by atoms with Crippen LogP contribution in [0.3, 0.4) is 0 Å². The Hall–Kier alpha value is -2.75. The maximum atomic E-state index is 12.0. The lowest BCUT2D eigenvalue weighted by atomic mass is 10.1. The zero-order valence-electron chi connectivity index (χ0n) is 14.3. The summed E-state index contributed by atoms with van der Waals surface area (Å²) < 4.78 is 10.8. The number of ether oxygens (including phenoxy) is 2. The minimum Gasteiger partial charge on any atom is -0.493 e. The molecule has 0 unspecified atom stereocenters. The average molecular weight is 325 g/mol. The van der Waals surface area contributed by atoms with Gasteiger partial charge in [0.15, 0.2) is 11.5 Å². The second-order valence-electron chi connectivity index (χ2n) is 5.22. The molecular weight excluding hydrogens is 302 g/mol.